The molecule has 1 aliphatic rings. The quantitative estimate of drug-likeness (QED) is 0.592. The van der Waals surface area contributed by atoms with Crippen LogP contribution < -0.4 is 16.4 Å². The first-order chi connectivity index (χ1) is 8.50. The Bertz CT molecular complexity index is 286. The van der Waals surface area contributed by atoms with Crippen molar-refractivity contribution in [2.24, 2.45) is 5.73 Å². The fraction of sp³-hybridized carbons (Fsp3) is 0.833. The molecule has 0 saturated carbocycles. The van der Waals surface area contributed by atoms with Crippen molar-refractivity contribution in [3.8, 4) is 0 Å². The average molecular weight is 256 g/mol. The molecule has 1 saturated heterocycles. The van der Waals surface area contributed by atoms with Crippen molar-refractivity contribution >= 4 is 11.8 Å². The van der Waals surface area contributed by atoms with Crippen molar-refractivity contribution in [2.75, 3.05) is 26.2 Å². The van der Waals surface area contributed by atoms with E-state index in [1.165, 1.54) is 0 Å². The summed E-state index contributed by atoms with van der Waals surface area (Å²) in [5.74, 6) is -0.540. The van der Waals surface area contributed by atoms with E-state index >= 15 is 0 Å². The SMILES string of the molecule is CC(C)NC(=O)CC(C(N)=O)N1CCCNCC1. The number of nitrogens with two attached hydrogens (primary N) is 1. The van der Waals surface area contributed by atoms with E-state index in [0.29, 0.717) is 0 Å². The molecular formula is C12H24N4O2. The molecule has 0 aromatic heterocycles. The van der Waals surface area contributed by atoms with E-state index in [9.17, 15) is 9.59 Å². The smallest absolute Gasteiger partial charge is 0.235 e. The Morgan fingerprint density at radius 2 is 2.06 bits per heavy atom. The van der Waals surface area contributed by atoms with E-state index in [1.807, 2.05) is 18.7 Å². The highest BCUT2D eigenvalue weighted by Gasteiger charge is 2.27. The zero-order valence-corrected chi connectivity index (χ0v) is 11.2. The summed E-state index contributed by atoms with van der Waals surface area (Å²) in [5.41, 5.74) is 5.42. The van der Waals surface area contributed by atoms with Crippen LogP contribution in [0.2, 0.25) is 0 Å². The molecule has 4 N–H and O–H groups in total. The highest BCUT2D eigenvalue weighted by molar-refractivity contribution is 5.87. The van der Waals surface area contributed by atoms with E-state index < -0.39 is 11.9 Å². The third-order valence-electron chi connectivity index (χ3n) is 2.97. The lowest BCUT2D eigenvalue weighted by molar-refractivity contribution is -0.130. The molecule has 0 aliphatic carbocycles. The van der Waals surface area contributed by atoms with Crippen molar-refractivity contribution in [3.63, 3.8) is 0 Å². The molecule has 0 aromatic rings. The normalized spacial score (nSPS) is 19.3. The first kappa shape index (κ1) is 14.9. The maximum atomic E-state index is 11.7. The van der Waals surface area contributed by atoms with Crippen LogP contribution in [0.4, 0.5) is 0 Å². The standard InChI is InChI=1S/C12H24N4O2/c1-9(2)15-11(17)8-10(12(13)18)16-6-3-4-14-5-7-16/h9-10,14H,3-8H2,1-2H3,(H2,13,18)(H,15,17). The van der Waals surface area contributed by atoms with Gasteiger partial charge in [-0.05, 0) is 26.8 Å². The Kier molecular flexibility index (Phi) is 6.07. The van der Waals surface area contributed by atoms with Crippen LogP contribution in [0.25, 0.3) is 0 Å². The van der Waals surface area contributed by atoms with Gasteiger partial charge in [0.2, 0.25) is 11.8 Å². The van der Waals surface area contributed by atoms with Crippen LogP contribution in [0.1, 0.15) is 26.7 Å². The topological polar surface area (TPSA) is 87.5 Å². The summed E-state index contributed by atoms with van der Waals surface area (Å²) in [5, 5.41) is 6.06. The molecule has 0 bridgehead atoms. The second-order valence-corrected chi connectivity index (χ2v) is 4.98. The summed E-state index contributed by atoms with van der Waals surface area (Å²) in [7, 11) is 0. The molecule has 18 heavy (non-hydrogen) atoms. The third-order valence-corrected chi connectivity index (χ3v) is 2.97. The molecule has 1 heterocycles. The monoisotopic (exact) mass is 256 g/mol. The number of carbonyl (C=O) groups is 2. The maximum Gasteiger partial charge on any atom is 0.235 e. The first-order valence-electron chi connectivity index (χ1n) is 6.54. The van der Waals surface area contributed by atoms with Crippen LogP contribution in [-0.2, 0) is 9.59 Å². The Hall–Kier alpha value is -1.14. The Morgan fingerprint density at radius 3 is 2.67 bits per heavy atom. The average Bonchev–Trinajstić information content (AvgIpc) is 2.52. The highest BCUT2D eigenvalue weighted by atomic mass is 16.2. The van der Waals surface area contributed by atoms with Gasteiger partial charge in [0.05, 0.1) is 12.5 Å². The highest BCUT2D eigenvalue weighted by Crippen LogP contribution is 2.07. The number of amides is 2. The van der Waals surface area contributed by atoms with Crippen LogP contribution >= 0.6 is 0 Å². The second kappa shape index (κ2) is 7.33. The third kappa shape index (κ3) is 5.01. The van der Waals surface area contributed by atoms with E-state index in [4.69, 9.17) is 5.73 Å². The predicted octanol–water partition coefficient (Wildman–Crippen LogP) is -0.950. The molecule has 0 spiro atoms. The fourth-order valence-electron chi connectivity index (χ4n) is 2.14. The molecule has 1 rings (SSSR count). The van der Waals surface area contributed by atoms with Crippen molar-refractivity contribution < 1.29 is 9.59 Å². The van der Waals surface area contributed by atoms with Gasteiger partial charge >= 0.3 is 0 Å². The summed E-state index contributed by atoms with van der Waals surface area (Å²) >= 11 is 0. The number of rotatable bonds is 5. The number of primary amides is 1. The number of nitrogens with one attached hydrogen (secondary N) is 2. The van der Waals surface area contributed by atoms with Gasteiger partial charge in [0.25, 0.3) is 0 Å². The van der Waals surface area contributed by atoms with Crippen LogP contribution in [0.15, 0.2) is 0 Å². The zero-order valence-electron chi connectivity index (χ0n) is 11.2. The second-order valence-electron chi connectivity index (χ2n) is 4.98. The van der Waals surface area contributed by atoms with E-state index in [0.717, 1.165) is 32.6 Å². The minimum absolute atomic E-state index is 0.0804. The molecule has 6 nitrogen and oxygen atoms in total. The van der Waals surface area contributed by atoms with Crippen molar-refractivity contribution in [1.82, 2.24) is 15.5 Å². The van der Waals surface area contributed by atoms with Crippen LogP contribution in [0.5, 0.6) is 0 Å². The lowest BCUT2D eigenvalue weighted by Crippen LogP contribution is -2.49. The Balaban J connectivity index is 2.58. The lowest BCUT2D eigenvalue weighted by Gasteiger charge is -2.27. The van der Waals surface area contributed by atoms with E-state index in [-0.39, 0.29) is 18.4 Å². The van der Waals surface area contributed by atoms with Crippen molar-refractivity contribution in [3.05, 3.63) is 0 Å². The summed E-state index contributed by atoms with van der Waals surface area (Å²) in [6.07, 6.45) is 1.11. The van der Waals surface area contributed by atoms with Crippen LogP contribution in [0.3, 0.4) is 0 Å². The van der Waals surface area contributed by atoms with Crippen LogP contribution in [0, 0.1) is 0 Å². The number of carbonyl (C=O) groups excluding carboxylic acids is 2. The zero-order chi connectivity index (χ0) is 13.5. The van der Waals surface area contributed by atoms with E-state index in [1.54, 1.807) is 0 Å². The molecule has 6 heteroatoms. The molecule has 1 fully saturated rings. The van der Waals surface area contributed by atoms with Crippen LogP contribution in [-0.4, -0.2) is 55.0 Å². The predicted molar refractivity (Wildman–Crippen MR) is 69.9 cm³/mol. The molecular weight excluding hydrogens is 232 g/mol. The fourth-order valence-corrected chi connectivity index (χ4v) is 2.14. The molecule has 104 valence electrons. The number of hydrogen-bond donors (Lipinski definition) is 3. The molecule has 2 amide bonds. The summed E-state index contributed by atoms with van der Waals surface area (Å²) in [6.45, 7) is 7.12. The van der Waals surface area contributed by atoms with Crippen molar-refractivity contribution in [1.29, 1.82) is 0 Å². The minimum atomic E-state index is -0.497. The Labute approximate surface area is 108 Å². The van der Waals surface area contributed by atoms with Gasteiger partial charge in [-0.2, -0.15) is 0 Å². The Morgan fingerprint density at radius 1 is 1.33 bits per heavy atom. The van der Waals surface area contributed by atoms with Gasteiger partial charge in [-0.25, -0.2) is 0 Å². The van der Waals surface area contributed by atoms with Crippen molar-refractivity contribution in [2.45, 2.75) is 38.8 Å². The summed E-state index contributed by atoms with van der Waals surface area (Å²) in [4.78, 5) is 25.3. The van der Waals surface area contributed by atoms with Gasteiger partial charge < -0.3 is 16.4 Å². The number of nitrogens with zero attached hydrogens (tertiary/aromatic N) is 1. The summed E-state index contributed by atoms with van der Waals surface area (Å²) < 4.78 is 0. The van der Waals surface area contributed by atoms with E-state index in [2.05, 4.69) is 10.6 Å². The molecule has 0 aromatic carbocycles. The van der Waals surface area contributed by atoms with Gasteiger partial charge in [0.1, 0.15) is 0 Å². The molecule has 0 radical (unpaired) electrons. The van der Waals surface area contributed by atoms with Gasteiger partial charge in [0, 0.05) is 25.7 Å². The largest absolute Gasteiger partial charge is 0.368 e. The maximum absolute atomic E-state index is 11.7. The van der Waals surface area contributed by atoms with Gasteiger partial charge in [-0.1, -0.05) is 0 Å². The molecule has 1 atom stereocenters. The van der Waals surface area contributed by atoms with Gasteiger partial charge in [-0.3, -0.25) is 14.5 Å². The molecule has 1 unspecified atom stereocenters. The van der Waals surface area contributed by atoms with Gasteiger partial charge in [0.15, 0.2) is 0 Å². The van der Waals surface area contributed by atoms with Gasteiger partial charge in [-0.15, -0.1) is 0 Å². The minimum Gasteiger partial charge on any atom is -0.368 e. The number of hydrogen-bond acceptors (Lipinski definition) is 4. The first-order valence-corrected chi connectivity index (χ1v) is 6.54. The summed E-state index contributed by atoms with van der Waals surface area (Å²) in [6, 6.07) is -0.416. The molecule has 1 aliphatic heterocycles. The lowest BCUT2D eigenvalue weighted by atomic mass is 10.1.